The molecule has 33 heavy (non-hydrogen) atoms. The number of thiophene rings is 1. The molecule has 0 aliphatic heterocycles. The van der Waals surface area contributed by atoms with E-state index in [2.05, 4.69) is 5.32 Å². The molecule has 0 spiro atoms. The molecule has 172 valence electrons. The number of hydrogen-bond acceptors (Lipinski definition) is 4. The zero-order valence-electron chi connectivity index (χ0n) is 18.5. The van der Waals surface area contributed by atoms with E-state index in [9.17, 15) is 14.0 Å². The van der Waals surface area contributed by atoms with Crippen molar-refractivity contribution in [3.05, 3.63) is 82.3 Å². The number of nitrogens with zero attached hydrogens (tertiary/aromatic N) is 1. The van der Waals surface area contributed by atoms with Gasteiger partial charge in [0.15, 0.2) is 0 Å². The molecule has 1 aliphatic carbocycles. The van der Waals surface area contributed by atoms with Crippen LogP contribution < -0.4 is 15.0 Å². The second-order valence-corrected chi connectivity index (χ2v) is 9.20. The quantitative estimate of drug-likeness (QED) is 0.492. The Bertz CT molecular complexity index is 1080. The van der Waals surface area contributed by atoms with Gasteiger partial charge in [-0.15, -0.1) is 11.3 Å². The Morgan fingerprint density at radius 1 is 1.12 bits per heavy atom. The number of benzene rings is 2. The lowest BCUT2D eigenvalue weighted by Gasteiger charge is -2.32. The summed E-state index contributed by atoms with van der Waals surface area (Å²) in [5.41, 5.74) is 1.10. The fourth-order valence-corrected chi connectivity index (χ4v) is 4.95. The maximum Gasteiger partial charge on any atom is 0.248 e. The van der Waals surface area contributed by atoms with Gasteiger partial charge in [-0.3, -0.25) is 14.5 Å². The Morgan fingerprint density at radius 3 is 2.55 bits per heavy atom. The molecule has 7 heteroatoms. The monoisotopic (exact) mass is 466 g/mol. The summed E-state index contributed by atoms with van der Waals surface area (Å²) in [6, 6.07) is 15.8. The van der Waals surface area contributed by atoms with Gasteiger partial charge in [-0.1, -0.05) is 37.1 Å². The average Bonchev–Trinajstić information content (AvgIpc) is 3.52. The van der Waals surface area contributed by atoms with Crippen molar-refractivity contribution in [2.75, 3.05) is 12.0 Å². The summed E-state index contributed by atoms with van der Waals surface area (Å²) in [7, 11) is 1.56. The summed E-state index contributed by atoms with van der Waals surface area (Å²) in [4.78, 5) is 29.7. The molecule has 2 aromatic carbocycles. The van der Waals surface area contributed by atoms with Crippen molar-refractivity contribution in [2.45, 2.75) is 44.2 Å². The second-order valence-electron chi connectivity index (χ2n) is 8.17. The second kappa shape index (κ2) is 10.6. The molecule has 1 atom stereocenters. The number of nitrogens with one attached hydrogen (secondary N) is 1. The lowest BCUT2D eigenvalue weighted by atomic mass is 10.0. The number of carbonyl (C=O) groups is 2. The molecule has 1 aromatic heterocycles. The number of halogens is 1. The summed E-state index contributed by atoms with van der Waals surface area (Å²) in [6.07, 6.45) is 4.14. The fourth-order valence-electron chi connectivity index (χ4n) is 4.26. The predicted molar refractivity (Wildman–Crippen MR) is 128 cm³/mol. The third kappa shape index (κ3) is 5.60. The maximum absolute atomic E-state index is 13.7. The van der Waals surface area contributed by atoms with Gasteiger partial charge in [0.2, 0.25) is 11.8 Å². The van der Waals surface area contributed by atoms with Gasteiger partial charge < -0.3 is 10.1 Å². The molecule has 3 aromatic rings. The summed E-state index contributed by atoms with van der Waals surface area (Å²) in [5, 5.41) is 5.05. The highest BCUT2D eigenvalue weighted by Crippen LogP contribution is 2.32. The van der Waals surface area contributed by atoms with E-state index in [-0.39, 0.29) is 24.3 Å². The molecule has 1 aliphatic rings. The molecule has 0 bridgehead atoms. The van der Waals surface area contributed by atoms with Crippen LogP contribution in [0.2, 0.25) is 0 Å². The van der Waals surface area contributed by atoms with Crippen LogP contribution in [0, 0.1) is 5.82 Å². The van der Waals surface area contributed by atoms with E-state index >= 15 is 0 Å². The highest BCUT2D eigenvalue weighted by atomic mass is 32.1. The first-order valence-corrected chi connectivity index (χ1v) is 12.0. The van der Waals surface area contributed by atoms with E-state index in [0.29, 0.717) is 17.0 Å². The maximum atomic E-state index is 13.7. The Kier molecular flexibility index (Phi) is 7.40. The normalized spacial score (nSPS) is 14.6. The zero-order chi connectivity index (χ0) is 23.2. The van der Waals surface area contributed by atoms with Crippen molar-refractivity contribution < 1.29 is 18.7 Å². The third-order valence-corrected chi connectivity index (χ3v) is 6.78. The minimum Gasteiger partial charge on any atom is -0.497 e. The van der Waals surface area contributed by atoms with E-state index in [4.69, 9.17) is 4.74 Å². The molecular formula is C26H27FN2O3S. The number of ether oxygens (including phenoxy) is 1. The smallest absolute Gasteiger partial charge is 0.248 e. The summed E-state index contributed by atoms with van der Waals surface area (Å²) >= 11 is 1.49. The van der Waals surface area contributed by atoms with Crippen LogP contribution in [0.1, 0.15) is 42.2 Å². The first kappa shape index (κ1) is 23.0. The Balaban J connectivity index is 1.77. The Morgan fingerprint density at radius 2 is 1.88 bits per heavy atom. The van der Waals surface area contributed by atoms with Crippen molar-refractivity contribution in [3.8, 4) is 5.75 Å². The fraction of sp³-hybridized carbons (Fsp3) is 0.308. The molecule has 0 unspecified atom stereocenters. The summed E-state index contributed by atoms with van der Waals surface area (Å²) in [6.45, 7) is 0. The van der Waals surface area contributed by atoms with E-state index in [1.807, 2.05) is 17.5 Å². The van der Waals surface area contributed by atoms with Crippen LogP contribution in [0.25, 0.3) is 0 Å². The van der Waals surface area contributed by atoms with Crippen LogP contribution in [-0.4, -0.2) is 25.0 Å². The van der Waals surface area contributed by atoms with E-state index in [1.54, 1.807) is 43.5 Å². The van der Waals surface area contributed by atoms with Gasteiger partial charge in [0.1, 0.15) is 17.6 Å². The molecular weight excluding hydrogens is 439 g/mol. The standard InChI is InChI=1S/C26H27FN2O3S/c1-32-22-9-4-8-21(16-22)29(24(30)17-23-10-5-15-33-23)25(18-11-13-19(27)14-12-18)26(31)28-20-6-2-3-7-20/h4-5,8-16,20,25H,2-3,6-7,17H2,1H3,(H,28,31)/t25-/m1/s1. The Labute approximate surface area is 197 Å². The van der Waals surface area contributed by atoms with Gasteiger partial charge in [-0.2, -0.15) is 0 Å². The van der Waals surface area contributed by atoms with E-state index in [0.717, 1.165) is 30.6 Å². The number of amides is 2. The van der Waals surface area contributed by atoms with Gasteiger partial charge in [-0.25, -0.2) is 4.39 Å². The lowest BCUT2D eigenvalue weighted by molar-refractivity contribution is -0.127. The molecule has 2 amide bonds. The van der Waals surface area contributed by atoms with Crippen LogP contribution in [0.4, 0.5) is 10.1 Å². The molecule has 1 heterocycles. The number of rotatable bonds is 8. The van der Waals surface area contributed by atoms with Crippen molar-refractivity contribution in [3.63, 3.8) is 0 Å². The number of anilines is 1. The van der Waals surface area contributed by atoms with Gasteiger partial charge in [0.05, 0.1) is 13.5 Å². The molecule has 5 nitrogen and oxygen atoms in total. The number of carbonyl (C=O) groups excluding carboxylic acids is 2. The zero-order valence-corrected chi connectivity index (χ0v) is 19.3. The minimum absolute atomic E-state index is 0.0833. The largest absolute Gasteiger partial charge is 0.497 e. The number of methoxy groups -OCH3 is 1. The SMILES string of the molecule is COc1cccc(N(C(=O)Cc2cccs2)[C@@H](C(=O)NC2CCCC2)c2ccc(F)cc2)c1. The van der Waals surface area contributed by atoms with E-state index in [1.165, 1.54) is 28.4 Å². The third-order valence-electron chi connectivity index (χ3n) is 5.90. The first-order valence-electron chi connectivity index (χ1n) is 11.1. The average molecular weight is 467 g/mol. The van der Waals surface area contributed by atoms with Crippen molar-refractivity contribution in [1.82, 2.24) is 5.32 Å². The lowest BCUT2D eigenvalue weighted by Crippen LogP contribution is -2.46. The van der Waals surface area contributed by atoms with Crippen LogP contribution in [0.5, 0.6) is 5.75 Å². The minimum atomic E-state index is -0.939. The molecule has 4 rings (SSSR count). The number of hydrogen-bond donors (Lipinski definition) is 1. The summed E-state index contributed by atoms with van der Waals surface area (Å²) in [5.74, 6) is -0.306. The predicted octanol–water partition coefficient (Wildman–Crippen LogP) is 5.27. The van der Waals surface area contributed by atoms with Crippen LogP contribution in [0.3, 0.4) is 0 Å². The first-order chi connectivity index (χ1) is 16.0. The van der Waals surface area contributed by atoms with Crippen molar-refractivity contribution in [1.29, 1.82) is 0 Å². The molecule has 0 radical (unpaired) electrons. The highest BCUT2D eigenvalue weighted by Gasteiger charge is 2.34. The Hall–Kier alpha value is -3.19. The van der Waals surface area contributed by atoms with Gasteiger partial charge >= 0.3 is 0 Å². The van der Waals surface area contributed by atoms with E-state index < -0.39 is 11.9 Å². The van der Waals surface area contributed by atoms with Crippen molar-refractivity contribution >= 4 is 28.8 Å². The van der Waals surface area contributed by atoms with Gasteiger partial charge in [0.25, 0.3) is 0 Å². The topological polar surface area (TPSA) is 58.6 Å². The highest BCUT2D eigenvalue weighted by molar-refractivity contribution is 7.10. The molecule has 1 saturated carbocycles. The molecule has 0 saturated heterocycles. The van der Waals surface area contributed by atoms with Gasteiger partial charge in [-0.05, 0) is 54.1 Å². The molecule has 1 fully saturated rings. The van der Waals surface area contributed by atoms with Crippen LogP contribution >= 0.6 is 11.3 Å². The molecule has 1 N–H and O–H groups in total. The van der Waals surface area contributed by atoms with Crippen LogP contribution in [0.15, 0.2) is 66.0 Å². The summed E-state index contributed by atoms with van der Waals surface area (Å²) < 4.78 is 19.1. The van der Waals surface area contributed by atoms with Crippen molar-refractivity contribution in [2.24, 2.45) is 0 Å². The van der Waals surface area contributed by atoms with Crippen LogP contribution in [-0.2, 0) is 16.0 Å². The van der Waals surface area contributed by atoms with Gasteiger partial charge in [0, 0.05) is 22.7 Å².